The van der Waals surface area contributed by atoms with Crippen LogP contribution in [0.1, 0.15) is 25.3 Å². The van der Waals surface area contributed by atoms with Gasteiger partial charge in [0, 0.05) is 25.6 Å². The fourth-order valence-corrected chi connectivity index (χ4v) is 7.21. The van der Waals surface area contributed by atoms with Crippen molar-refractivity contribution in [1.29, 1.82) is 0 Å². The highest BCUT2D eigenvalue weighted by molar-refractivity contribution is 7.26. The zero-order chi connectivity index (χ0) is 26.1. The Hall–Kier alpha value is -4.54. The number of nitrogens with zero attached hydrogens (tertiary/aromatic N) is 2. The minimum Gasteiger partial charge on any atom is -0.436 e. The summed E-state index contributed by atoms with van der Waals surface area (Å²) in [7, 11) is 0. The number of hydrogen-bond acceptors (Lipinski definition) is 4. The van der Waals surface area contributed by atoms with E-state index in [4.69, 9.17) is 14.4 Å². The maximum absolute atomic E-state index is 6.08. The normalized spacial score (nSPS) is 12.1. The minimum absolute atomic E-state index is 0.491. The zero-order valence-electron chi connectivity index (χ0n) is 21.6. The van der Waals surface area contributed by atoms with E-state index in [0.717, 1.165) is 33.1 Å². The van der Waals surface area contributed by atoms with Crippen molar-refractivity contribution < 1.29 is 4.42 Å². The SMILES string of the molecule is CC(C)c1cccc2c1sc1c(-c3cccc(-c4ccc5oc6nc7ccccc7nc6c5c4)c3)cccc12. The summed E-state index contributed by atoms with van der Waals surface area (Å²) >= 11 is 1.92. The molecule has 0 unspecified atom stereocenters. The molecule has 0 aliphatic heterocycles. The molecule has 3 aromatic heterocycles. The van der Waals surface area contributed by atoms with Crippen LogP contribution >= 0.6 is 11.3 Å². The molecule has 0 amide bonds. The number of para-hydroxylation sites is 2. The van der Waals surface area contributed by atoms with E-state index in [9.17, 15) is 0 Å². The van der Waals surface area contributed by atoms with E-state index in [2.05, 4.69) is 86.6 Å². The predicted molar refractivity (Wildman–Crippen MR) is 165 cm³/mol. The van der Waals surface area contributed by atoms with E-state index in [0.29, 0.717) is 11.6 Å². The van der Waals surface area contributed by atoms with Gasteiger partial charge in [-0.25, -0.2) is 9.97 Å². The second-order valence-corrected chi connectivity index (χ2v) is 11.4. The lowest BCUT2D eigenvalue weighted by Crippen LogP contribution is -1.85. The van der Waals surface area contributed by atoms with Crippen LogP contribution in [0, 0.1) is 0 Å². The molecule has 0 atom stereocenters. The van der Waals surface area contributed by atoms with Gasteiger partial charge in [0.2, 0.25) is 5.71 Å². The molecule has 186 valence electrons. The van der Waals surface area contributed by atoms with E-state index in [-0.39, 0.29) is 0 Å². The number of hydrogen-bond donors (Lipinski definition) is 0. The standard InChI is InChI=1S/C35H24N2OS/c1-20(2)24-10-6-12-26-27-13-7-11-25(34(27)39-33(24)26)23-9-5-8-21(18-23)22-16-17-31-28(19-22)32-35(38-31)37-30-15-4-3-14-29(30)36-32/h3-20H,1-2H3. The highest BCUT2D eigenvalue weighted by Gasteiger charge is 2.16. The summed E-state index contributed by atoms with van der Waals surface area (Å²) in [6.07, 6.45) is 0. The van der Waals surface area contributed by atoms with E-state index in [1.54, 1.807) is 0 Å². The van der Waals surface area contributed by atoms with E-state index < -0.39 is 0 Å². The van der Waals surface area contributed by atoms with Crippen LogP contribution in [0.2, 0.25) is 0 Å². The van der Waals surface area contributed by atoms with Crippen LogP contribution in [0.3, 0.4) is 0 Å². The van der Waals surface area contributed by atoms with Gasteiger partial charge in [0.15, 0.2) is 0 Å². The molecule has 39 heavy (non-hydrogen) atoms. The van der Waals surface area contributed by atoms with Crippen molar-refractivity contribution in [3.05, 3.63) is 109 Å². The van der Waals surface area contributed by atoms with Crippen molar-refractivity contribution in [2.45, 2.75) is 19.8 Å². The van der Waals surface area contributed by atoms with Gasteiger partial charge >= 0.3 is 0 Å². The summed E-state index contributed by atoms with van der Waals surface area (Å²) in [5.41, 5.74) is 10.1. The van der Waals surface area contributed by atoms with E-state index >= 15 is 0 Å². The van der Waals surface area contributed by atoms with Crippen molar-refractivity contribution in [3.63, 3.8) is 0 Å². The van der Waals surface area contributed by atoms with E-state index in [1.165, 1.54) is 42.4 Å². The molecule has 0 fully saturated rings. The van der Waals surface area contributed by atoms with Gasteiger partial charge < -0.3 is 4.42 Å². The van der Waals surface area contributed by atoms with Gasteiger partial charge in [-0.15, -0.1) is 11.3 Å². The van der Waals surface area contributed by atoms with Crippen LogP contribution < -0.4 is 0 Å². The molecule has 0 radical (unpaired) electrons. The number of thiophene rings is 1. The Kier molecular flexibility index (Phi) is 4.88. The number of benzene rings is 5. The molecule has 4 heteroatoms. The van der Waals surface area contributed by atoms with Gasteiger partial charge in [0.1, 0.15) is 11.1 Å². The van der Waals surface area contributed by atoms with Crippen LogP contribution in [0.25, 0.3) is 75.7 Å². The monoisotopic (exact) mass is 520 g/mol. The maximum atomic E-state index is 6.08. The van der Waals surface area contributed by atoms with Gasteiger partial charge in [-0.2, -0.15) is 0 Å². The molecule has 0 N–H and O–H groups in total. The molecule has 5 aromatic carbocycles. The molecule has 0 aliphatic carbocycles. The highest BCUT2D eigenvalue weighted by atomic mass is 32.1. The lowest BCUT2D eigenvalue weighted by atomic mass is 9.96. The molecule has 3 nitrogen and oxygen atoms in total. The first-order chi connectivity index (χ1) is 19.1. The van der Waals surface area contributed by atoms with Gasteiger partial charge in [-0.1, -0.05) is 86.6 Å². The third kappa shape index (κ3) is 3.49. The summed E-state index contributed by atoms with van der Waals surface area (Å²) < 4.78 is 8.82. The Morgan fingerprint density at radius 3 is 2.18 bits per heavy atom. The Morgan fingerprint density at radius 2 is 1.33 bits per heavy atom. The summed E-state index contributed by atoms with van der Waals surface area (Å²) in [6.45, 7) is 4.55. The average Bonchev–Trinajstić information content (AvgIpc) is 3.53. The smallest absolute Gasteiger partial charge is 0.246 e. The minimum atomic E-state index is 0.491. The maximum Gasteiger partial charge on any atom is 0.246 e. The third-order valence-electron chi connectivity index (χ3n) is 7.66. The van der Waals surface area contributed by atoms with Crippen molar-refractivity contribution in [3.8, 4) is 22.3 Å². The zero-order valence-corrected chi connectivity index (χ0v) is 22.4. The number of aromatic nitrogens is 2. The third-order valence-corrected chi connectivity index (χ3v) is 8.97. The van der Waals surface area contributed by atoms with Crippen LogP contribution in [0.15, 0.2) is 108 Å². The van der Waals surface area contributed by atoms with Crippen molar-refractivity contribution >= 4 is 64.7 Å². The van der Waals surface area contributed by atoms with Crippen LogP contribution in [-0.2, 0) is 0 Å². The van der Waals surface area contributed by atoms with Crippen molar-refractivity contribution in [2.24, 2.45) is 0 Å². The van der Waals surface area contributed by atoms with Gasteiger partial charge in [-0.05, 0) is 64.1 Å². The molecule has 0 saturated carbocycles. The number of furan rings is 1. The molecule has 0 aliphatic rings. The second-order valence-electron chi connectivity index (χ2n) is 10.4. The summed E-state index contributed by atoms with van der Waals surface area (Å²) in [5, 5.41) is 3.67. The van der Waals surface area contributed by atoms with Crippen LogP contribution in [0.5, 0.6) is 0 Å². The molecule has 0 saturated heterocycles. The van der Waals surface area contributed by atoms with Crippen molar-refractivity contribution in [1.82, 2.24) is 9.97 Å². The predicted octanol–water partition coefficient (Wildman–Crippen LogP) is 10.4. The lowest BCUT2D eigenvalue weighted by Gasteiger charge is -2.08. The second kappa shape index (κ2) is 8.48. The fourth-order valence-electron chi connectivity index (χ4n) is 5.71. The molecular formula is C35H24N2OS. The Labute approximate surface area is 229 Å². The summed E-state index contributed by atoms with van der Waals surface area (Å²) in [5.74, 6) is 0.491. The number of fused-ring (bicyclic) bond motifs is 7. The Bertz CT molecular complexity index is 2220. The first kappa shape index (κ1) is 22.4. The fraction of sp³-hybridized carbons (Fsp3) is 0.0857. The molecule has 0 spiro atoms. The molecular weight excluding hydrogens is 496 g/mol. The largest absolute Gasteiger partial charge is 0.436 e. The van der Waals surface area contributed by atoms with Gasteiger partial charge in [0.25, 0.3) is 0 Å². The topological polar surface area (TPSA) is 38.9 Å². The summed E-state index contributed by atoms with van der Waals surface area (Å²) in [4.78, 5) is 9.59. The van der Waals surface area contributed by atoms with Crippen LogP contribution in [-0.4, -0.2) is 9.97 Å². The Morgan fingerprint density at radius 1 is 0.615 bits per heavy atom. The van der Waals surface area contributed by atoms with Gasteiger partial charge in [0.05, 0.1) is 11.0 Å². The first-order valence-electron chi connectivity index (χ1n) is 13.3. The first-order valence-corrected chi connectivity index (χ1v) is 14.1. The molecule has 8 rings (SSSR count). The van der Waals surface area contributed by atoms with E-state index in [1.807, 2.05) is 41.7 Å². The highest BCUT2D eigenvalue weighted by Crippen LogP contribution is 2.43. The lowest BCUT2D eigenvalue weighted by molar-refractivity contribution is 0.655. The van der Waals surface area contributed by atoms with Crippen molar-refractivity contribution in [2.75, 3.05) is 0 Å². The molecule has 3 heterocycles. The van der Waals surface area contributed by atoms with Crippen LogP contribution in [0.4, 0.5) is 0 Å². The molecule has 8 aromatic rings. The Balaban J connectivity index is 1.29. The molecule has 0 bridgehead atoms. The summed E-state index contributed by atoms with van der Waals surface area (Å²) in [6, 6.07) is 36.5. The quantitative estimate of drug-likeness (QED) is 0.233. The average molecular weight is 521 g/mol. The van der Waals surface area contributed by atoms with Gasteiger partial charge in [-0.3, -0.25) is 0 Å². The number of rotatable bonds is 3.